The monoisotopic (exact) mass is 467 g/mol. The highest BCUT2D eigenvalue weighted by molar-refractivity contribution is 5.84. The lowest BCUT2D eigenvalue weighted by atomic mass is 9.50. The van der Waals surface area contributed by atoms with E-state index in [2.05, 4.69) is 24.8 Å². The third-order valence-electron chi connectivity index (χ3n) is 8.20. The topological polar surface area (TPSA) is 77.8 Å². The number of alkyl halides is 3. The predicted molar refractivity (Wildman–Crippen MR) is 116 cm³/mol. The zero-order chi connectivity index (χ0) is 24.1. The Morgan fingerprint density at radius 2 is 1.94 bits per heavy atom. The first-order valence-electron chi connectivity index (χ1n) is 11.8. The van der Waals surface area contributed by atoms with Gasteiger partial charge in [-0.3, -0.25) is 9.69 Å². The predicted octanol–water partition coefficient (Wildman–Crippen LogP) is 4.56. The van der Waals surface area contributed by atoms with E-state index in [-0.39, 0.29) is 11.3 Å². The van der Waals surface area contributed by atoms with Crippen molar-refractivity contribution in [3.8, 4) is 5.75 Å². The molecule has 5 nitrogen and oxygen atoms in total. The summed E-state index contributed by atoms with van der Waals surface area (Å²) < 4.78 is 31.7. The molecule has 0 radical (unpaired) electrons. The van der Waals surface area contributed by atoms with E-state index in [1.807, 2.05) is 12.1 Å². The number of hydrogen-bond acceptors (Lipinski definition) is 4. The summed E-state index contributed by atoms with van der Waals surface area (Å²) in [7, 11) is 0. The van der Waals surface area contributed by atoms with Crippen LogP contribution in [0.1, 0.15) is 57.1 Å². The van der Waals surface area contributed by atoms with Crippen LogP contribution < -0.4 is 0 Å². The van der Waals surface area contributed by atoms with Crippen LogP contribution >= 0.6 is 0 Å². The van der Waals surface area contributed by atoms with E-state index in [1.165, 1.54) is 30.5 Å². The molecule has 33 heavy (non-hydrogen) atoms. The Kier molecular flexibility index (Phi) is 6.27. The van der Waals surface area contributed by atoms with Crippen molar-refractivity contribution in [1.82, 2.24) is 4.90 Å². The van der Waals surface area contributed by atoms with Crippen molar-refractivity contribution in [2.45, 2.75) is 70.0 Å². The van der Waals surface area contributed by atoms with Gasteiger partial charge in [-0.15, -0.1) is 0 Å². The van der Waals surface area contributed by atoms with Crippen LogP contribution in [0.4, 0.5) is 13.2 Å². The number of carbonyl (C=O) groups excluding carboxylic acids is 1. The number of ketones is 1. The summed E-state index contributed by atoms with van der Waals surface area (Å²) in [4.78, 5) is 24.7. The zero-order valence-corrected chi connectivity index (χ0v) is 19.1. The molecule has 5 rings (SSSR count). The number of rotatable bonds is 3. The van der Waals surface area contributed by atoms with Gasteiger partial charge >= 0.3 is 12.1 Å². The van der Waals surface area contributed by atoms with Crippen LogP contribution in [-0.4, -0.2) is 52.2 Å². The third kappa shape index (κ3) is 4.63. The molecule has 182 valence electrons. The van der Waals surface area contributed by atoms with Crippen molar-refractivity contribution in [2.75, 3.05) is 13.1 Å². The fourth-order valence-electron chi connectivity index (χ4n) is 6.40. The van der Waals surface area contributed by atoms with Crippen molar-refractivity contribution in [3.05, 3.63) is 29.3 Å². The molecule has 2 saturated carbocycles. The lowest BCUT2D eigenvalue weighted by molar-refractivity contribution is -0.192. The summed E-state index contributed by atoms with van der Waals surface area (Å²) in [6.45, 7) is 6.79. The molecule has 3 aliphatic carbocycles. The van der Waals surface area contributed by atoms with Gasteiger partial charge in [0.1, 0.15) is 11.5 Å². The number of carbonyl (C=O) groups is 2. The maximum Gasteiger partial charge on any atom is 0.490 e. The molecule has 4 aliphatic rings. The molecule has 1 aromatic carbocycles. The molecule has 4 atom stereocenters. The number of benzene rings is 1. The van der Waals surface area contributed by atoms with E-state index in [9.17, 15) is 23.1 Å². The molecule has 0 unspecified atom stereocenters. The average molecular weight is 468 g/mol. The highest BCUT2D eigenvalue weighted by Gasteiger charge is 2.58. The summed E-state index contributed by atoms with van der Waals surface area (Å²) >= 11 is 0. The summed E-state index contributed by atoms with van der Waals surface area (Å²) in [5.74, 6) is 0.186. The normalized spacial score (nSPS) is 31.3. The van der Waals surface area contributed by atoms with Gasteiger partial charge < -0.3 is 10.2 Å². The first-order chi connectivity index (χ1) is 15.4. The van der Waals surface area contributed by atoms with Gasteiger partial charge in [-0.05, 0) is 79.7 Å². The Morgan fingerprint density at radius 3 is 2.52 bits per heavy atom. The minimum atomic E-state index is -5.08. The molecule has 3 fully saturated rings. The average Bonchev–Trinajstić information content (AvgIpc) is 3.53. The van der Waals surface area contributed by atoms with E-state index in [1.54, 1.807) is 0 Å². The Bertz CT molecular complexity index is 927. The smallest absolute Gasteiger partial charge is 0.490 e. The Hall–Kier alpha value is -2.09. The number of halogens is 3. The highest BCUT2D eigenvalue weighted by atomic mass is 19.4. The van der Waals surface area contributed by atoms with E-state index in [0.29, 0.717) is 35.8 Å². The molecule has 0 aromatic heterocycles. The summed E-state index contributed by atoms with van der Waals surface area (Å²) in [6.07, 6.45) is 1.61. The van der Waals surface area contributed by atoms with Gasteiger partial charge in [0, 0.05) is 30.3 Å². The zero-order valence-electron chi connectivity index (χ0n) is 19.1. The minimum absolute atomic E-state index is 0.0283. The third-order valence-corrected chi connectivity index (χ3v) is 8.20. The molecule has 2 bridgehead atoms. The fourth-order valence-corrected chi connectivity index (χ4v) is 6.40. The van der Waals surface area contributed by atoms with Crippen molar-refractivity contribution < 1.29 is 33.0 Å². The quantitative estimate of drug-likeness (QED) is 0.682. The van der Waals surface area contributed by atoms with Crippen LogP contribution in [0.2, 0.25) is 0 Å². The molecule has 1 saturated heterocycles. The van der Waals surface area contributed by atoms with Gasteiger partial charge in [0.05, 0.1) is 0 Å². The minimum Gasteiger partial charge on any atom is -0.508 e. The van der Waals surface area contributed by atoms with Crippen molar-refractivity contribution >= 4 is 11.8 Å². The largest absolute Gasteiger partial charge is 0.508 e. The number of Topliss-reactive ketones (excluding diaryl/α,β-unsaturated/α-hetero) is 1. The molecule has 0 amide bonds. The number of nitrogens with zero attached hydrogens (tertiary/aromatic N) is 1. The van der Waals surface area contributed by atoms with Crippen LogP contribution in [0.15, 0.2) is 18.2 Å². The first kappa shape index (κ1) is 24.0. The number of fused-ring (bicyclic) bond motifs is 1. The number of phenolic OH excluding ortho intramolecular Hbond substituents is 1. The lowest BCUT2D eigenvalue weighted by Crippen LogP contribution is -2.63. The van der Waals surface area contributed by atoms with Crippen LogP contribution in [0.3, 0.4) is 0 Å². The highest BCUT2D eigenvalue weighted by Crippen LogP contribution is 2.57. The maximum absolute atomic E-state index is 13.1. The van der Waals surface area contributed by atoms with Gasteiger partial charge in [0.2, 0.25) is 0 Å². The van der Waals surface area contributed by atoms with Gasteiger partial charge in [0.25, 0.3) is 0 Å². The summed E-state index contributed by atoms with van der Waals surface area (Å²) in [5, 5.41) is 17.3. The van der Waals surface area contributed by atoms with Crippen LogP contribution in [0.5, 0.6) is 5.75 Å². The molecule has 2 N–H and O–H groups in total. The number of carboxylic acid groups (broad SMARTS) is 1. The molecule has 0 spiro atoms. The Labute approximate surface area is 192 Å². The van der Waals surface area contributed by atoms with E-state index in [0.717, 1.165) is 31.7 Å². The molecule has 1 aromatic rings. The number of aromatic hydroxyl groups is 1. The molecule has 1 aliphatic heterocycles. The first-order valence-corrected chi connectivity index (χ1v) is 11.8. The van der Waals surface area contributed by atoms with Gasteiger partial charge in [0.15, 0.2) is 0 Å². The van der Waals surface area contributed by atoms with Crippen LogP contribution in [0.25, 0.3) is 0 Å². The van der Waals surface area contributed by atoms with Gasteiger partial charge in [-0.1, -0.05) is 19.9 Å². The summed E-state index contributed by atoms with van der Waals surface area (Å²) in [6, 6.07) is 6.52. The number of carboxylic acids is 1. The molecule has 8 heteroatoms. The molecular weight excluding hydrogens is 435 g/mol. The molecular formula is C25H32F3NO4. The lowest BCUT2D eigenvalue weighted by Gasteiger charge is -2.60. The number of piperidine rings is 1. The van der Waals surface area contributed by atoms with Gasteiger partial charge in [-0.2, -0.15) is 13.2 Å². The van der Waals surface area contributed by atoms with E-state index in [4.69, 9.17) is 9.90 Å². The van der Waals surface area contributed by atoms with Crippen molar-refractivity contribution in [2.24, 2.45) is 23.7 Å². The van der Waals surface area contributed by atoms with E-state index >= 15 is 0 Å². The molecule has 1 heterocycles. The van der Waals surface area contributed by atoms with Crippen molar-refractivity contribution in [1.29, 1.82) is 0 Å². The van der Waals surface area contributed by atoms with Gasteiger partial charge in [-0.25, -0.2) is 4.79 Å². The second-order valence-corrected chi connectivity index (χ2v) is 10.6. The number of hydrogen-bond donors (Lipinski definition) is 2. The fraction of sp³-hybridized carbons (Fsp3) is 0.680. The summed E-state index contributed by atoms with van der Waals surface area (Å²) in [5.41, 5.74) is 2.64. The number of likely N-dealkylation sites (tertiary alicyclic amines) is 1. The second-order valence-electron chi connectivity index (χ2n) is 10.6. The second kappa shape index (κ2) is 8.60. The number of aliphatic carboxylic acids is 1. The standard InChI is InChI=1S/C23H31NO2.C2HF3O2/c1-14(2)18-11-20-21-9-16-5-6-17(25)10-19(16)23(20,12-22(18)26)7-8-24(21)13-15-3-4-15;3-2(4,5)1(6)7/h5-6,10,14-15,18,20-21,25H,3-4,7-9,11-13H2,1-2H3;(H,6,7)/t18-,20+,21-,23-;/m1./s1. The van der Waals surface area contributed by atoms with Crippen molar-refractivity contribution in [3.63, 3.8) is 0 Å². The maximum atomic E-state index is 13.1. The van der Waals surface area contributed by atoms with E-state index < -0.39 is 12.1 Å². The van der Waals surface area contributed by atoms with Crippen LogP contribution in [0, 0.1) is 23.7 Å². The number of phenols is 1. The SMILES string of the molecule is CC(C)[C@H]1C[C@H]2[C@H]3Cc4ccc(O)cc4[C@@]2(CCN3CC2CC2)CC1=O.O=C(O)C(F)(F)F. The van der Waals surface area contributed by atoms with Crippen LogP contribution in [-0.2, 0) is 21.4 Å². The Balaban J connectivity index is 0.000000325. The Morgan fingerprint density at radius 1 is 1.27 bits per heavy atom.